The molecule has 0 amide bonds. The number of rotatable bonds is 3. The molecule has 0 unspecified atom stereocenters. The summed E-state index contributed by atoms with van der Waals surface area (Å²) in [6, 6.07) is 11.1. The zero-order valence-corrected chi connectivity index (χ0v) is 12.8. The maximum Gasteiger partial charge on any atom is 0.205 e. The van der Waals surface area contributed by atoms with Gasteiger partial charge >= 0.3 is 0 Å². The average Bonchev–Trinajstić information content (AvgIpc) is 2.76. The van der Waals surface area contributed by atoms with Crippen LogP contribution in [0.2, 0.25) is 10.0 Å². The second kappa shape index (κ2) is 5.47. The van der Waals surface area contributed by atoms with Crippen molar-refractivity contribution < 1.29 is 4.74 Å². The van der Waals surface area contributed by atoms with Gasteiger partial charge in [-0.3, -0.25) is 4.57 Å². The first-order chi connectivity index (χ1) is 10.1. The average molecular weight is 322 g/mol. The van der Waals surface area contributed by atoms with Crippen LogP contribution in [-0.2, 0) is 0 Å². The molecule has 0 atom stereocenters. The van der Waals surface area contributed by atoms with E-state index >= 15 is 0 Å². The molecule has 0 spiro atoms. The van der Waals surface area contributed by atoms with Crippen molar-refractivity contribution in [3.8, 4) is 11.4 Å². The lowest BCUT2D eigenvalue weighted by molar-refractivity contribution is 0.340. The van der Waals surface area contributed by atoms with Crippen molar-refractivity contribution in [2.75, 3.05) is 12.3 Å². The summed E-state index contributed by atoms with van der Waals surface area (Å²) in [5.41, 5.74) is 8.42. The third kappa shape index (κ3) is 2.52. The molecule has 2 N–H and O–H groups in total. The molecule has 1 heterocycles. The standard InChI is InChI=1S/C15H13Cl2N3O/c1-2-21-10-5-3-9(4-6-10)20-14-8-12(17)11(16)7-13(14)19-15(20)18/h3-8H,2H2,1H3,(H2,18,19). The van der Waals surface area contributed by atoms with Crippen molar-refractivity contribution in [2.45, 2.75) is 6.92 Å². The molecule has 3 aromatic rings. The first-order valence-corrected chi connectivity index (χ1v) is 7.22. The molecule has 6 heteroatoms. The Morgan fingerprint density at radius 1 is 1.14 bits per heavy atom. The zero-order chi connectivity index (χ0) is 15.0. The first-order valence-electron chi connectivity index (χ1n) is 6.46. The lowest BCUT2D eigenvalue weighted by Gasteiger charge is -2.08. The number of fused-ring (bicyclic) bond motifs is 1. The van der Waals surface area contributed by atoms with Crippen LogP contribution < -0.4 is 10.5 Å². The molecule has 108 valence electrons. The summed E-state index contributed by atoms with van der Waals surface area (Å²) < 4.78 is 7.26. The molecule has 0 saturated carbocycles. The predicted octanol–water partition coefficient (Wildman–Crippen LogP) is 4.31. The third-order valence-electron chi connectivity index (χ3n) is 3.13. The van der Waals surface area contributed by atoms with Gasteiger partial charge in [-0.15, -0.1) is 0 Å². The molecule has 3 rings (SSSR count). The van der Waals surface area contributed by atoms with E-state index in [1.54, 1.807) is 12.1 Å². The summed E-state index contributed by atoms with van der Waals surface area (Å²) in [6.45, 7) is 2.57. The van der Waals surface area contributed by atoms with Gasteiger partial charge in [-0.25, -0.2) is 4.98 Å². The number of nitrogen functional groups attached to an aromatic ring is 1. The van der Waals surface area contributed by atoms with Crippen molar-refractivity contribution in [3.63, 3.8) is 0 Å². The fraction of sp³-hybridized carbons (Fsp3) is 0.133. The van der Waals surface area contributed by atoms with E-state index in [1.165, 1.54) is 0 Å². The highest BCUT2D eigenvalue weighted by atomic mass is 35.5. The molecule has 2 aromatic carbocycles. The van der Waals surface area contributed by atoms with Crippen LogP contribution in [0.25, 0.3) is 16.7 Å². The molecule has 4 nitrogen and oxygen atoms in total. The molecule has 1 aromatic heterocycles. The van der Waals surface area contributed by atoms with E-state index < -0.39 is 0 Å². The maximum atomic E-state index is 6.09. The van der Waals surface area contributed by atoms with Gasteiger partial charge in [0.25, 0.3) is 0 Å². The molecule has 0 radical (unpaired) electrons. The number of ether oxygens (including phenoxy) is 1. The lowest BCUT2D eigenvalue weighted by Crippen LogP contribution is -2.00. The van der Waals surface area contributed by atoms with Crippen molar-refractivity contribution in [1.82, 2.24) is 9.55 Å². The molecule has 0 aliphatic carbocycles. The summed E-state index contributed by atoms with van der Waals surface area (Å²) >= 11 is 12.1. The van der Waals surface area contributed by atoms with Gasteiger partial charge < -0.3 is 10.5 Å². The van der Waals surface area contributed by atoms with Crippen molar-refractivity contribution in [2.24, 2.45) is 0 Å². The molecule has 0 aliphatic heterocycles. The van der Waals surface area contributed by atoms with Crippen LogP contribution in [0.3, 0.4) is 0 Å². The molecular weight excluding hydrogens is 309 g/mol. The van der Waals surface area contributed by atoms with Gasteiger partial charge in [0.2, 0.25) is 5.95 Å². The number of anilines is 1. The van der Waals surface area contributed by atoms with Crippen molar-refractivity contribution >= 4 is 40.2 Å². The van der Waals surface area contributed by atoms with Gasteiger partial charge in [-0.1, -0.05) is 23.2 Å². The second-order valence-electron chi connectivity index (χ2n) is 4.49. The van der Waals surface area contributed by atoms with E-state index in [0.29, 0.717) is 28.1 Å². The minimum absolute atomic E-state index is 0.382. The Morgan fingerprint density at radius 2 is 1.81 bits per heavy atom. The van der Waals surface area contributed by atoms with Gasteiger partial charge in [-0.2, -0.15) is 0 Å². The van der Waals surface area contributed by atoms with Gasteiger partial charge in [0.1, 0.15) is 5.75 Å². The fourth-order valence-electron chi connectivity index (χ4n) is 2.22. The van der Waals surface area contributed by atoms with Crippen LogP contribution in [0.1, 0.15) is 6.92 Å². The number of hydrogen-bond donors (Lipinski definition) is 1. The Labute approximate surface area is 132 Å². The summed E-state index contributed by atoms with van der Waals surface area (Å²) in [5, 5.41) is 0.928. The van der Waals surface area contributed by atoms with Crippen molar-refractivity contribution in [3.05, 3.63) is 46.4 Å². The van der Waals surface area contributed by atoms with Crippen LogP contribution in [0.5, 0.6) is 5.75 Å². The largest absolute Gasteiger partial charge is 0.494 e. The highest BCUT2D eigenvalue weighted by Crippen LogP contribution is 2.31. The summed E-state index contributed by atoms with van der Waals surface area (Å²) in [5.74, 6) is 1.19. The zero-order valence-electron chi connectivity index (χ0n) is 11.3. The molecule has 21 heavy (non-hydrogen) atoms. The highest BCUT2D eigenvalue weighted by molar-refractivity contribution is 6.42. The SMILES string of the molecule is CCOc1ccc(-n2c(N)nc3cc(Cl)c(Cl)cc32)cc1. The van der Waals surface area contributed by atoms with Gasteiger partial charge in [0.05, 0.1) is 27.7 Å². The van der Waals surface area contributed by atoms with Crippen LogP contribution in [0, 0.1) is 0 Å². The Balaban J connectivity index is 2.15. The van der Waals surface area contributed by atoms with E-state index in [2.05, 4.69) is 4.98 Å². The molecular formula is C15H13Cl2N3O. The number of halogens is 2. The van der Waals surface area contributed by atoms with Gasteiger partial charge in [-0.05, 0) is 43.3 Å². The minimum atomic E-state index is 0.382. The van der Waals surface area contributed by atoms with Crippen molar-refractivity contribution in [1.29, 1.82) is 0 Å². The molecule has 0 bridgehead atoms. The molecule has 0 fully saturated rings. The Morgan fingerprint density at radius 3 is 2.48 bits per heavy atom. The Bertz CT molecular complexity index is 797. The summed E-state index contributed by atoms with van der Waals surface area (Å²) in [6.07, 6.45) is 0. The van der Waals surface area contributed by atoms with Crippen LogP contribution in [-0.4, -0.2) is 16.2 Å². The first kappa shape index (κ1) is 14.0. The summed E-state index contributed by atoms with van der Waals surface area (Å²) in [4.78, 5) is 4.32. The minimum Gasteiger partial charge on any atom is -0.494 e. The Kier molecular flexibility index (Phi) is 3.66. The number of imidazole rings is 1. The predicted molar refractivity (Wildman–Crippen MR) is 86.7 cm³/mol. The van der Waals surface area contributed by atoms with Gasteiger partial charge in [0, 0.05) is 5.69 Å². The number of hydrogen-bond acceptors (Lipinski definition) is 3. The number of benzene rings is 2. The third-order valence-corrected chi connectivity index (χ3v) is 3.85. The monoisotopic (exact) mass is 321 g/mol. The van der Waals surface area contributed by atoms with Crippen LogP contribution in [0.15, 0.2) is 36.4 Å². The normalized spacial score (nSPS) is 11.0. The van der Waals surface area contributed by atoms with E-state index in [4.69, 9.17) is 33.7 Å². The smallest absolute Gasteiger partial charge is 0.205 e. The van der Waals surface area contributed by atoms with Crippen LogP contribution in [0.4, 0.5) is 5.95 Å². The Hall–Kier alpha value is -1.91. The quantitative estimate of drug-likeness (QED) is 0.781. The maximum absolute atomic E-state index is 6.09. The molecule has 0 saturated heterocycles. The lowest BCUT2D eigenvalue weighted by atomic mass is 10.2. The number of aromatic nitrogens is 2. The summed E-state index contributed by atoms with van der Waals surface area (Å²) in [7, 11) is 0. The van der Waals surface area contributed by atoms with E-state index in [-0.39, 0.29) is 0 Å². The highest BCUT2D eigenvalue weighted by Gasteiger charge is 2.12. The topological polar surface area (TPSA) is 53.1 Å². The van der Waals surface area contributed by atoms with Gasteiger partial charge in [0.15, 0.2) is 0 Å². The van der Waals surface area contributed by atoms with E-state index in [0.717, 1.165) is 17.0 Å². The van der Waals surface area contributed by atoms with E-state index in [1.807, 2.05) is 35.8 Å². The fourth-order valence-corrected chi connectivity index (χ4v) is 2.54. The van der Waals surface area contributed by atoms with Crippen LogP contribution >= 0.6 is 23.2 Å². The number of nitrogens with two attached hydrogens (primary N) is 1. The van der Waals surface area contributed by atoms with E-state index in [9.17, 15) is 0 Å². The second-order valence-corrected chi connectivity index (χ2v) is 5.30. The molecule has 0 aliphatic rings. The number of nitrogens with zero attached hydrogens (tertiary/aromatic N) is 2.